The van der Waals surface area contributed by atoms with Crippen LogP contribution in [0.25, 0.3) is 0 Å². The lowest BCUT2D eigenvalue weighted by molar-refractivity contribution is -0.137. The molecular formula is C14H24N2O5. The molecule has 0 aromatic carbocycles. The van der Waals surface area contributed by atoms with E-state index in [1.807, 2.05) is 0 Å². The molecule has 1 heterocycles. The molecule has 3 amide bonds. The van der Waals surface area contributed by atoms with Crippen molar-refractivity contribution >= 4 is 17.7 Å². The first-order valence-electron chi connectivity index (χ1n) is 6.52. The Kier molecular flexibility index (Phi) is 10.1. The summed E-state index contributed by atoms with van der Waals surface area (Å²) in [6.07, 6.45) is 3.23. The van der Waals surface area contributed by atoms with Crippen molar-refractivity contribution in [3.8, 4) is 0 Å². The average Bonchev–Trinajstić information content (AvgIpc) is 2.75. The molecule has 1 N–H and O–H groups in total. The molecule has 0 aliphatic carbocycles. The van der Waals surface area contributed by atoms with Crippen molar-refractivity contribution < 1.29 is 23.9 Å². The first-order valence-corrected chi connectivity index (χ1v) is 6.52. The third kappa shape index (κ3) is 7.57. The Hall–Kier alpha value is -1.73. The maximum absolute atomic E-state index is 11.5. The molecule has 0 spiro atoms. The van der Waals surface area contributed by atoms with Crippen LogP contribution in [0, 0.1) is 0 Å². The zero-order valence-electron chi connectivity index (χ0n) is 11.6. The minimum Gasteiger partial charge on any atom is -0.382 e. The number of rotatable bonds is 10. The summed E-state index contributed by atoms with van der Waals surface area (Å²) in [6, 6.07) is 0. The maximum Gasteiger partial charge on any atom is 0.253 e. The molecule has 0 aromatic rings. The number of ether oxygens (including phenoxy) is 2. The molecule has 0 radical (unpaired) electrons. The molecule has 0 saturated heterocycles. The standard InChI is InChI=1S/C13H20N2O5.CH4/c1-19-9-10-20-8-2-6-14-11(16)5-7-15-12(17)3-4-13(15)18;/h3-4H,2,5-10H2,1H3,(H,14,16);1H4. The molecule has 1 aliphatic heterocycles. The van der Waals surface area contributed by atoms with Gasteiger partial charge in [0.25, 0.3) is 11.8 Å². The SMILES string of the molecule is C.COCCOCCCNC(=O)CCN1C(=O)C=CC1=O. The van der Waals surface area contributed by atoms with Crippen LogP contribution in [0.15, 0.2) is 12.2 Å². The topological polar surface area (TPSA) is 84.9 Å². The number of carbonyl (C=O) groups is 3. The summed E-state index contributed by atoms with van der Waals surface area (Å²) < 4.78 is 10.1. The Labute approximate surface area is 125 Å². The number of imide groups is 1. The molecule has 0 saturated carbocycles. The van der Waals surface area contributed by atoms with Crippen LogP contribution in [0.3, 0.4) is 0 Å². The monoisotopic (exact) mass is 300 g/mol. The van der Waals surface area contributed by atoms with Crippen LogP contribution < -0.4 is 5.32 Å². The number of amides is 3. The maximum atomic E-state index is 11.5. The lowest BCUT2D eigenvalue weighted by Gasteiger charge is -2.13. The van der Waals surface area contributed by atoms with E-state index in [-0.39, 0.29) is 38.1 Å². The fraction of sp³-hybridized carbons (Fsp3) is 0.643. The molecule has 0 unspecified atom stereocenters. The van der Waals surface area contributed by atoms with Gasteiger partial charge in [-0.05, 0) is 6.42 Å². The Morgan fingerprint density at radius 2 is 1.86 bits per heavy atom. The third-order valence-corrected chi connectivity index (χ3v) is 2.68. The lowest BCUT2D eigenvalue weighted by Crippen LogP contribution is -2.35. The molecule has 0 bridgehead atoms. The van der Waals surface area contributed by atoms with Crippen LogP contribution in [-0.4, -0.2) is 62.6 Å². The molecule has 21 heavy (non-hydrogen) atoms. The van der Waals surface area contributed by atoms with Crippen LogP contribution in [0.1, 0.15) is 20.3 Å². The normalized spacial score (nSPS) is 13.5. The summed E-state index contributed by atoms with van der Waals surface area (Å²) in [6.45, 7) is 2.26. The second kappa shape index (κ2) is 11.0. The Bertz CT molecular complexity index is 364. The second-order valence-corrected chi connectivity index (χ2v) is 4.22. The molecule has 0 fully saturated rings. The van der Waals surface area contributed by atoms with Crippen LogP contribution in [0.4, 0.5) is 0 Å². The molecule has 0 aromatic heterocycles. The Balaban J connectivity index is 0.00000400. The molecule has 7 nitrogen and oxygen atoms in total. The van der Waals surface area contributed by atoms with Gasteiger partial charge in [0.15, 0.2) is 0 Å². The van der Waals surface area contributed by atoms with Gasteiger partial charge in [-0.15, -0.1) is 0 Å². The van der Waals surface area contributed by atoms with Gasteiger partial charge >= 0.3 is 0 Å². The van der Waals surface area contributed by atoms with Crippen molar-refractivity contribution in [1.82, 2.24) is 10.2 Å². The predicted molar refractivity (Wildman–Crippen MR) is 77.5 cm³/mol. The third-order valence-electron chi connectivity index (χ3n) is 2.68. The smallest absolute Gasteiger partial charge is 0.253 e. The minimum atomic E-state index is -0.366. The van der Waals surface area contributed by atoms with Gasteiger partial charge in [-0.1, -0.05) is 7.43 Å². The van der Waals surface area contributed by atoms with E-state index in [2.05, 4.69) is 5.32 Å². The Morgan fingerprint density at radius 1 is 1.19 bits per heavy atom. The summed E-state index contributed by atoms with van der Waals surface area (Å²) in [5, 5.41) is 2.71. The van der Waals surface area contributed by atoms with E-state index in [4.69, 9.17) is 9.47 Å². The molecule has 0 atom stereocenters. The number of hydrogen-bond donors (Lipinski definition) is 1. The summed E-state index contributed by atoms with van der Waals surface area (Å²) in [4.78, 5) is 35.0. The number of methoxy groups -OCH3 is 1. The van der Waals surface area contributed by atoms with Crippen molar-refractivity contribution in [3.63, 3.8) is 0 Å². The minimum absolute atomic E-state index is 0. The van der Waals surface area contributed by atoms with E-state index >= 15 is 0 Å². The highest BCUT2D eigenvalue weighted by atomic mass is 16.5. The molecular weight excluding hydrogens is 276 g/mol. The molecule has 120 valence electrons. The van der Waals surface area contributed by atoms with Crippen molar-refractivity contribution in [2.24, 2.45) is 0 Å². The van der Waals surface area contributed by atoms with Gasteiger partial charge in [-0.25, -0.2) is 0 Å². The number of nitrogens with one attached hydrogen (secondary N) is 1. The number of nitrogens with zero attached hydrogens (tertiary/aromatic N) is 1. The van der Waals surface area contributed by atoms with Gasteiger partial charge in [-0.2, -0.15) is 0 Å². The molecule has 7 heteroatoms. The van der Waals surface area contributed by atoms with Crippen molar-refractivity contribution in [1.29, 1.82) is 0 Å². The van der Waals surface area contributed by atoms with Crippen molar-refractivity contribution in [2.75, 3.05) is 40.0 Å². The number of hydrogen-bond acceptors (Lipinski definition) is 5. The van der Waals surface area contributed by atoms with Gasteiger partial charge in [0.05, 0.1) is 13.2 Å². The quantitative estimate of drug-likeness (QED) is 0.457. The van der Waals surface area contributed by atoms with Gasteiger partial charge in [0.1, 0.15) is 0 Å². The van der Waals surface area contributed by atoms with Gasteiger partial charge in [0.2, 0.25) is 5.91 Å². The summed E-state index contributed by atoms with van der Waals surface area (Å²) in [5.74, 6) is -0.918. The Morgan fingerprint density at radius 3 is 2.48 bits per heavy atom. The van der Waals surface area contributed by atoms with Crippen LogP contribution in [-0.2, 0) is 23.9 Å². The largest absolute Gasteiger partial charge is 0.382 e. The summed E-state index contributed by atoms with van der Waals surface area (Å²) in [7, 11) is 1.61. The zero-order chi connectivity index (χ0) is 14.8. The molecule has 1 aliphatic rings. The average molecular weight is 300 g/mol. The fourth-order valence-corrected chi connectivity index (χ4v) is 1.60. The highest BCUT2D eigenvalue weighted by molar-refractivity contribution is 6.13. The van der Waals surface area contributed by atoms with E-state index in [0.29, 0.717) is 32.8 Å². The summed E-state index contributed by atoms with van der Waals surface area (Å²) in [5.41, 5.74) is 0. The van der Waals surface area contributed by atoms with Crippen molar-refractivity contribution in [3.05, 3.63) is 12.2 Å². The summed E-state index contributed by atoms with van der Waals surface area (Å²) >= 11 is 0. The highest BCUT2D eigenvalue weighted by Gasteiger charge is 2.23. The second-order valence-electron chi connectivity index (χ2n) is 4.22. The zero-order valence-corrected chi connectivity index (χ0v) is 11.6. The van der Waals surface area contributed by atoms with E-state index in [0.717, 1.165) is 4.90 Å². The number of carbonyl (C=O) groups excluding carboxylic acids is 3. The van der Waals surface area contributed by atoms with E-state index < -0.39 is 0 Å². The predicted octanol–water partition coefficient (Wildman–Crippen LogP) is 0.107. The van der Waals surface area contributed by atoms with Gasteiger partial charge < -0.3 is 14.8 Å². The highest BCUT2D eigenvalue weighted by Crippen LogP contribution is 2.03. The molecule has 1 rings (SSSR count). The first kappa shape index (κ1) is 19.3. The van der Waals surface area contributed by atoms with Crippen molar-refractivity contribution in [2.45, 2.75) is 20.3 Å². The van der Waals surface area contributed by atoms with Gasteiger partial charge in [-0.3, -0.25) is 19.3 Å². The lowest BCUT2D eigenvalue weighted by atomic mass is 10.3. The first-order chi connectivity index (χ1) is 9.65. The van der Waals surface area contributed by atoms with Gasteiger partial charge in [0, 0.05) is 45.4 Å². The van der Waals surface area contributed by atoms with Crippen LogP contribution in [0.5, 0.6) is 0 Å². The van der Waals surface area contributed by atoms with Crippen LogP contribution in [0.2, 0.25) is 0 Å². The van der Waals surface area contributed by atoms with E-state index in [1.165, 1.54) is 12.2 Å². The van der Waals surface area contributed by atoms with E-state index in [9.17, 15) is 14.4 Å². The van der Waals surface area contributed by atoms with E-state index in [1.54, 1.807) is 7.11 Å². The van der Waals surface area contributed by atoms with Crippen LogP contribution >= 0.6 is 0 Å². The fourth-order valence-electron chi connectivity index (χ4n) is 1.60.